The topological polar surface area (TPSA) is 105 Å². The summed E-state index contributed by atoms with van der Waals surface area (Å²) in [5.41, 5.74) is 3.74. The molecule has 35 heavy (non-hydrogen) atoms. The molecule has 0 bridgehead atoms. The van der Waals surface area contributed by atoms with Crippen LogP contribution in [0.4, 0.5) is 0 Å². The van der Waals surface area contributed by atoms with Crippen molar-refractivity contribution in [3.8, 4) is 11.4 Å². The van der Waals surface area contributed by atoms with Crippen LogP contribution >= 0.6 is 11.6 Å². The summed E-state index contributed by atoms with van der Waals surface area (Å²) < 4.78 is 17.3. The van der Waals surface area contributed by atoms with E-state index in [2.05, 4.69) is 9.97 Å². The fourth-order valence-electron chi connectivity index (χ4n) is 3.93. The number of aryl methyl sites for hydroxylation is 1. The quantitative estimate of drug-likeness (QED) is 0.434. The first kappa shape index (κ1) is 24.4. The van der Waals surface area contributed by atoms with E-state index in [-0.39, 0.29) is 13.0 Å². The molecule has 0 radical (unpaired) electrons. The maximum Gasteiger partial charge on any atom is 0.344 e. The molecule has 2 aromatic heterocycles. The number of ether oxygens (including phenoxy) is 3. The van der Waals surface area contributed by atoms with Gasteiger partial charge in [-0.15, -0.1) is 0 Å². The SMILES string of the molecule is CCOC(=O)COC(=O)CC[C@@H]1N=C(c2ccccn2)c2cc(Cl)c(OC)cc2-n2c(C)cnc21. The van der Waals surface area contributed by atoms with Crippen molar-refractivity contribution >= 4 is 29.3 Å². The van der Waals surface area contributed by atoms with Gasteiger partial charge in [-0.2, -0.15) is 0 Å². The van der Waals surface area contributed by atoms with Gasteiger partial charge in [0.25, 0.3) is 0 Å². The zero-order valence-corrected chi connectivity index (χ0v) is 20.4. The summed E-state index contributed by atoms with van der Waals surface area (Å²) in [6.45, 7) is 3.43. The summed E-state index contributed by atoms with van der Waals surface area (Å²) in [6, 6.07) is 8.76. The van der Waals surface area contributed by atoms with Gasteiger partial charge in [0.1, 0.15) is 17.6 Å². The number of rotatable bonds is 8. The van der Waals surface area contributed by atoms with E-state index in [1.165, 1.54) is 0 Å². The van der Waals surface area contributed by atoms with Crippen LogP contribution < -0.4 is 4.74 Å². The third kappa shape index (κ3) is 5.19. The second-order valence-electron chi connectivity index (χ2n) is 7.81. The fourth-order valence-corrected chi connectivity index (χ4v) is 4.17. The number of carbonyl (C=O) groups excluding carboxylic acids is 2. The molecular formula is C25H25ClN4O5. The molecule has 0 saturated heterocycles. The van der Waals surface area contributed by atoms with Crippen molar-refractivity contribution in [2.24, 2.45) is 4.99 Å². The Morgan fingerprint density at radius 1 is 1.14 bits per heavy atom. The number of hydrogen-bond donors (Lipinski definition) is 0. The van der Waals surface area contributed by atoms with Gasteiger partial charge < -0.3 is 14.2 Å². The van der Waals surface area contributed by atoms with Crippen LogP contribution in [0, 0.1) is 6.92 Å². The molecule has 0 spiro atoms. The number of halogens is 1. The van der Waals surface area contributed by atoms with Gasteiger partial charge in [-0.1, -0.05) is 17.7 Å². The Hall–Kier alpha value is -3.72. The summed E-state index contributed by atoms with van der Waals surface area (Å²) in [5, 5.41) is 0.440. The van der Waals surface area contributed by atoms with E-state index < -0.39 is 24.6 Å². The van der Waals surface area contributed by atoms with Crippen LogP contribution in [-0.4, -0.2) is 52.5 Å². The highest BCUT2D eigenvalue weighted by atomic mass is 35.5. The fraction of sp³-hybridized carbons (Fsp3) is 0.320. The second kappa shape index (κ2) is 10.7. The Labute approximate surface area is 207 Å². The van der Waals surface area contributed by atoms with Crippen molar-refractivity contribution in [3.05, 3.63) is 70.5 Å². The Bertz CT molecular complexity index is 1270. The van der Waals surface area contributed by atoms with Crippen LogP contribution in [0.2, 0.25) is 5.02 Å². The van der Waals surface area contributed by atoms with Gasteiger partial charge in [-0.25, -0.2) is 9.78 Å². The molecule has 0 saturated carbocycles. The van der Waals surface area contributed by atoms with Crippen molar-refractivity contribution in [1.29, 1.82) is 0 Å². The lowest BCUT2D eigenvalue weighted by Crippen LogP contribution is -2.17. The van der Waals surface area contributed by atoms with Crippen LogP contribution in [0.3, 0.4) is 0 Å². The molecule has 4 rings (SSSR count). The van der Waals surface area contributed by atoms with Crippen molar-refractivity contribution in [2.45, 2.75) is 32.7 Å². The molecular weight excluding hydrogens is 472 g/mol. The third-order valence-electron chi connectivity index (χ3n) is 5.50. The molecule has 182 valence electrons. The predicted octanol–water partition coefficient (Wildman–Crippen LogP) is 4.02. The largest absolute Gasteiger partial charge is 0.495 e. The van der Waals surface area contributed by atoms with Gasteiger partial charge in [0, 0.05) is 36.1 Å². The van der Waals surface area contributed by atoms with Gasteiger partial charge in [-0.05, 0) is 38.5 Å². The number of methoxy groups -OCH3 is 1. The van der Waals surface area contributed by atoms with Crippen molar-refractivity contribution in [2.75, 3.05) is 20.3 Å². The Kier molecular flexibility index (Phi) is 7.45. The maximum atomic E-state index is 12.3. The normalized spacial score (nSPS) is 14.3. The molecule has 3 heterocycles. The standard InChI is InChI=1S/C25H25ClN4O5/c1-4-34-23(32)14-35-22(31)9-8-19-25-28-13-15(2)30(25)20-12-21(33-3)17(26)11-16(20)24(29-19)18-7-5-6-10-27-18/h5-7,10-13,19H,4,8-9,14H2,1-3H3/t19-/m0/s1. The minimum absolute atomic E-state index is 0.0371. The molecule has 1 aliphatic heterocycles. The average molecular weight is 497 g/mol. The number of fused-ring (bicyclic) bond motifs is 3. The van der Waals surface area contributed by atoms with Crippen molar-refractivity contribution in [1.82, 2.24) is 14.5 Å². The molecule has 1 atom stereocenters. The highest BCUT2D eigenvalue weighted by molar-refractivity contribution is 6.33. The van der Waals surface area contributed by atoms with E-state index in [9.17, 15) is 9.59 Å². The molecule has 9 nitrogen and oxygen atoms in total. The molecule has 0 aliphatic carbocycles. The van der Waals surface area contributed by atoms with Gasteiger partial charge in [0.15, 0.2) is 6.61 Å². The molecule has 0 N–H and O–H groups in total. The zero-order valence-electron chi connectivity index (χ0n) is 19.7. The summed E-state index contributed by atoms with van der Waals surface area (Å²) in [5.74, 6) is 0.0789. The molecule has 0 fully saturated rings. The number of benzene rings is 1. The second-order valence-corrected chi connectivity index (χ2v) is 8.22. The number of aromatic nitrogens is 3. The molecule has 1 aliphatic rings. The lowest BCUT2D eigenvalue weighted by molar-refractivity contribution is -0.158. The minimum atomic E-state index is -0.585. The number of pyridine rings is 1. The summed E-state index contributed by atoms with van der Waals surface area (Å²) in [4.78, 5) is 38.0. The average Bonchev–Trinajstić information content (AvgIpc) is 3.18. The van der Waals surface area contributed by atoms with E-state index in [0.29, 0.717) is 34.4 Å². The van der Waals surface area contributed by atoms with E-state index >= 15 is 0 Å². The lowest BCUT2D eigenvalue weighted by atomic mass is 10.0. The highest BCUT2D eigenvalue weighted by Crippen LogP contribution is 2.38. The molecule has 0 unspecified atom stereocenters. The number of carbonyl (C=O) groups is 2. The van der Waals surface area contributed by atoms with Gasteiger partial charge in [0.2, 0.25) is 0 Å². The van der Waals surface area contributed by atoms with Crippen LogP contribution in [-0.2, 0) is 19.1 Å². The van der Waals surface area contributed by atoms with Crippen LogP contribution in [0.5, 0.6) is 5.75 Å². The molecule has 10 heteroatoms. The first-order valence-corrected chi connectivity index (χ1v) is 11.5. The maximum absolute atomic E-state index is 12.3. The summed E-state index contributed by atoms with van der Waals surface area (Å²) >= 11 is 6.51. The smallest absolute Gasteiger partial charge is 0.344 e. The Morgan fingerprint density at radius 3 is 2.69 bits per heavy atom. The number of esters is 2. The van der Waals surface area contributed by atoms with E-state index in [4.69, 9.17) is 30.8 Å². The lowest BCUT2D eigenvalue weighted by Gasteiger charge is -2.16. The van der Waals surface area contributed by atoms with Gasteiger partial charge in [0.05, 0.1) is 35.8 Å². The number of imidazole rings is 1. The van der Waals surface area contributed by atoms with E-state index in [1.807, 2.05) is 41.8 Å². The monoisotopic (exact) mass is 496 g/mol. The minimum Gasteiger partial charge on any atom is -0.495 e. The number of aliphatic imine (C=N–C) groups is 1. The van der Waals surface area contributed by atoms with E-state index in [0.717, 1.165) is 16.9 Å². The molecule has 3 aromatic rings. The summed E-state index contributed by atoms with van der Waals surface area (Å²) in [7, 11) is 1.56. The highest BCUT2D eigenvalue weighted by Gasteiger charge is 2.29. The van der Waals surface area contributed by atoms with Crippen molar-refractivity contribution in [3.63, 3.8) is 0 Å². The predicted molar refractivity (Wildman–Crippen MR) is 129 cm³/mol. The Morgan fingerprint density at radius 2 is 1.97 bits per heavy atom. The first-order chi connectivity index (χ1) is 16.9. The Balaban J connectivity index is 1.73. The number of hydrogen-bond acceptors (Lipinski definition) is 8. The zero-order chi connectivity index (χ0) is 24.9. The summed E-state index contributed by atoms with van der Waals surface area (Å²) in [6.07, 6.45) is 3.80. The van der Waals surface area contributed by atoms with Crippen LogP contribution in [0.15, 0.2) is 47.7 Å². The van der Waals surface area contributed by atoms with Gasteiger partial charge >= 0.3 is 11.9 Å². The van der Waals surface area contributed by atoms with E-state index in [1.54, 1.807) is 26.4 Å². The third-order valence-corrected chi connectivity index (χ3v) is 5.80. The van der Waals surface area contributed by atoms with Gasteiger partial charge in [-0.3, -0.25) is 19.3 Å². The first-order valence-electron chi connectivity index (χ1n) is 11.2. The van der Waals surface area contributed by atoms with Crippen LogP contribution in [0.1, 0.15) is 48.6 Å². The molecule has 0 amide bonds. The number of nitrogens with zero attached hydrogens (tertiary/aromatic N) is 4. The van der Waals surface area contributed by atoms with Crippen LogP contribution in [0.25, 0.3) is 5.69 Å². The van der Waals surface area contributed by atoms with Crippen molar-refractivity contribution < 1.29 is 23.8 Å². The molecule has 1 aromatic carbocycles.